The molecule has 0 amide bonds. The van der Waals surface area contributed by atoms with Gasteiger partial charge in [0.05, 0.1) is 6.61 Å². The Hall–Kier alpha value is -0.790. The summed E-state index contributed by atoms with van der Waals surface area (Å²) in [5.74, 6) is 0.919. The first-order valence-electron chi connectivity index (χ1n) is 17.5. The van der Waals surface area contributed by atoms with Crippen molar-refractivity contribution in [1.29, 1.82) is 0 Å². The molecule has 0 aromatic carbocycles. The van der Waals surface area contributed by atoms with Crippen molar-refractivity contribution in [2.75, 3.05) is 6.61 Å². The third-order valence-corrected chi connectivity index (χ3v) is 8.19. The first-order chi connectivity index (χ1) is 18.7. The molecule has 0 rings (SSSR count). The van der Waals surface area contributed by atoms with Crippen LogP contribution in [-0.2, 0) is 9.53 Å². The molecule has 0 bridgehead atoms. The Morgan fingerprint density at radius 2 is 0.974 bits per heavy atom. The second-order valence-corrected chi connectivity index (χ2v) is 12.1. The largest absolute Gasteiger partial charge is 0.466 e. The Morgan fingerprint density at radius 1 is 0.553 bits per heavy atom. The molecule has 0 aliphatic carbocycles. The Balaban J connectivity index is 3.21. The van der Waals surface area contributed by atoms with Crippen LogP contribution < -0.4 is 0 Å². The van der Waals surface area contributed by atoms with Crippen LogP contribution in [0.15, 0.2) is 12.2 Å². The van der Waals surface area contributed by atoms with E-state index in [1.165, 1.54) is 154 Å². The number of ether oxygens (including phenoxy) is 1. The van der Waals surface area contributed by atoms with Gasteiger partial charge in [0, 0.05) is 6.42 Å². The fourth-order valence-corrected chi connectivity index (χ4v) is 5.17. The minimum atomic E-state index is 0.0162. The molecule has 0 aliphatic rings. The molecule has 0 heterocycles. The summed E-state index contributed by atoms with van der Waals surface area (Å²) < 4.78 is 5.43. The number of rotatable bonds is 31. The van der Waals surface area contributed by atoms with Gasteiger partial charge in [0.25, 0.3) is 0 Å². The van der Waals surface area contributed by atoms with Crippen LogP contribution in [0.3, 0.4) is 0 Å². The highest BCUT2D eigenvalue weighted by Crippen LogP contribution is 2.15. The van der Waals surface area contributed by atoms with Crippen molar-refractivity contribution >= 4 is 5.97 Å². The monoisotopic (exact) mass is 535 g/mol. The number of allylic oxidation sites excluding steroid dienone is 2. The number of unbranched alkanes of at least 4 members (excludes halogenated alkanes) is 22. The highest BCUT2D eigenvalue weighted by atomic mass is 16.5. The van der Waals surface area contributed by atoms with Gasteiger partial charge in [-0.3, -0.25) is 4.79 Å². The normalized spacial score (nSPS) is 12.4. The summed E-state index contributed by atoms with van der Waals surface area (Å²) in [6.45, 7) is 7.58. The van der Waals surface area contributed by atoms with E-state index in [-0.39, 0.29) is 5.97 Å². The standard InChI is InChI=1S/C36H70O2/c1-4-6-7-8-9-10-11-12-13-16-19-22-25-28-31-34-38-36(37)33-30-27-24-21-18-15-14-17-20-23-26-29-32-35(3)5-2/h14,17,35H,4-13,15-16,18-34H2,1-3H3/b17-14-. The molecule has 0 aromatic rings. The predicted octanol–water partition coefficient (Wildman–Crippen LogP) is 12.7. The highest BCUT2D eigenvalue weighted by molar-refractivity contribution is 5.69. The van der Waals surface area contributed by atoms with E-state index in [0.717, 1.165) is 25.2 Å². The van der Waals surface area contributed by atoms with Crippen LogP contribution in [0.5, 0.6) is 0 Å². The average molecular weight is 535 g/mol. The Bertz CT molecular complexity index is 484. The molecule has 0 saturated carbocycles. The van der Waals surface area contributed by atoms with Gasteiger partial charge in [0.1, 0.15) is 0 Å². The smallest absolute Gasteiger partial charge is 0.305 e. The SMILES string of the molecule is CCCCCCCCCCCCCCCCCOC(=O)CCCCCCC/C=C\CCCCCC(C)CC. The van der Waals surface area contributed by atoms with E-state index in [4.69, 9.17) is 4.74 Å². The molecular weight excluding hydrogens is 464 g/mol. The van der Waals surface area contributed by atoms with Gasteiger partial charge in [0.15, 0.2) is 0 Å². The fraction of sp³-hybridized carbons (Fsp3) is 0.917. The molecule has 2 heteroatoms. The van der Waals surface area contributed by atoms with Crippen LogP contribution in [0.2, 0.25) is 0 Å². The summed E-state index contributed by atoms with van der Waals surface area (Å²) in [5, 5.41) is 0. The number of hydrogen-bond acceptors (Lipinski definition) is 2. The Morgan fingerprint density at radius 3 is 1.47 bits per heavy atom. The number of carbonyl (C=O) groups is 1. The van der Waals surface area contributed by atoms with Gasteiger partial charge in [-0.05, 0) is 44.4 Å². The molecule has 0 N–H and O–H groups in total. The van der Waals surface area contributed by atoms with Crippen LogP contribution >= 0.6 is 0 Å². The quantitative estimate of drug-likeness (QED) is 0.0502. The maximum absolute atomic E-state index is 11.9. The first kappa shape index (κ1) is 37.2. The summed E-state index contributed by atoms with van der Waals surface area (Å²) in [6, 6.07) is 0. The van der Waals surface area contributed by atoms with Gasteiger partial charge in [-0.1, -0.05) is 168 Å². The summed E-state index contributed by atoms with van der Waals surface area (Å²) in [4.78, 5) is 11.9. The lowest BCUT2D eigenvalue weighted by molar-refractivity contribution is -0.143. The first-order valence-corrected chi connectivity index (χ1v) is 17.5. The molecule has 1 atom stereocenters. The zero-order valence-electron chi connectivity index (χ0n) is 26.6. The molecule has 38 heavy (non-hydrogen) atoms. The third-order valence-electron chi connectivity index (χ3n) is 8.19. The van der Waals surface area contributed by atoms with Crippen molar-refractivity contribution in [2.24, 2.45) is 5.92 Å². The van der Waals surface area contributed by atoms with Crippen LogP contribution in [0.4, 0.5) is 0 Å². The second kappa shape index (κ2) is 32.4. The van der Waals surface area contributed by atoms with Crippen LogP contribution in [0.1, 0.15) is 201 Å². The van der Waals surface area contributed by atoms with E-state index >= 15 is 0 Å². The van der Waals surface area contributed by atoms with Crippen molar-refractivity contribution in [3.8, 4) is 0 Å². The maximum Gasteiger partial charge on any atom is 0.305 e. The molecule has 0 saturated heterocycles. The molecule has 226 valence electrons. The molecule has 0 aromatic heterocycles. The zero-order chi connectivity index (χ0) is 27.8. The zero-order valence-corrected chi connectivity index (χ0v) is 26.6. The van der Waals surface area contributed by atoms with E-state index in [1.54, 1.807) is 0 Å². The van der Waals surface area contributed by atoms with Crippen LogP contribution in [0, 0.1) is 5.92 Å². The van der Waals surface area contributed by atoms with Gasteiger partial charge in [-0.2, -0.15) is 0 Å². The summed E-state index contributed by atoms with van der Waals surface area (Å²) in [6.07, 6.45) is 41.2. The summed E-state index contributed by atoms with van der Waals surface area (Å²) in [5.41, 5.74) is 0. The van der Waals surface area contributed by atoms with E-state index in [0.29, 0.717) is 13.0 Å². The van der Waals surface area contributed by atoms with Crippen molar-refractivity contribution < 1.29 is 9.53 Å². The molecule has 0 spiro atoms. The minimum absolute atomic E-state index is 0.0162. The molecule has 0 aliphatic heterocycles. The molecule has 0 fully saturated rings. The molecule has 1 unspecified atom stereocenters. The van der Waals surface area contributed by atoms with E-state index in [1.807, 2.05) is 0 Å². The van der Waals surface area contributed by atoms with Gasteiger partial charge >= 0.3 is 5.97 Å². The van der Waals surface area contributed by atoms with Crippen molar-refractivity contribution in [3.63, 3.8) is 0 Å². The lowest BCUT2D eigenvalue weighted by atomic mass is 10.0. The lowest BCUT2D eigenvalue weighted by Gasteiger charge is -2.06. The van der Waals surface area contributed by atoms with Gasteiger partial charge in [0.2, 0.25) is 0 Å². The molecule has 0 radical (unpaired) electrons. The van der Waals surface area contributed by atoms with Crippen molar-refractivity contribution in [2.45, 2.75) is 201 Å². The number of hydrogen-bond donors (Lipinski definition) is 0. The van der Waals surface area contributed by atoms with Crippen molar-refractivity contribution in [3.05, 3.63) is 12.2 Å². The second-order valence-electron chi connectivity index (χ2n) is 12.1. The highest BCUT2D eigenvalue weighted by Gasteiger charge is 2.02. The molecule has 2 nitrogen and oxygen atoms in total. The summed E-state index contributed by atoms with van der Waals surface area (Å²) in [7, 11) is 0. The lowest BCUT2D eigenvalue weighted by Crippen LogP contribution is -2.05. The Kier molecular flexibility index (Phi) is 31.7. The fourth-order valence-electron chi connectivity index (χ4n) is 5.17. The van der Waals surface area contributed by atoms with Crippen molar-refractivity contribution in [1.82, 2.24) is 0 Å². The topological polar surface area (TPSA) is 26.3 Å². The van der Waals surface area contributed by atoms with E-state index in [9.17, 15) is 4.79 Å². The van der Waals surface area contributed by atoms with Gasteiger partial charge in [-0.15, -0.1) is 0 Å². The molecular formula is C36H70O2. The third kappa shape index (κ3) is 31.4. The van der Waals surface area contributed by atoms with Gasteiger partial charge in [-0.25, -0.2) is 0 Å². The maximum atomic E-state index is 11.9. The predicted molar refractivity (Wildman–Crippen MR) is 170 cm³/mol. The number of esters is 1. The van der Waals surface area contributed by atoms with Crippen LogP contribution in [0.25, 0.3) is 0 Å². The Labute approximate surface area is 240 Å². The van der Waals surface area contributed by atoms with Gasteiger partial charge < -0.3 is 4.74 Å². The van der Waals surface area contributed by atoms with E-state index < -0.39 is 0 Å². The van der Waals surface area contributed by atoms with E-state index in [2.05, 4.69) is 32.9 Å². The number of carbonyl (C=O) groups excluding carboxylic acids is 1. The van der Waals surface area contributed by atoms with Crippen LogP contribution in [-0.4, -0.2) is 12.6 Å². The summed E-state index contributed by atoms with van der Waals surface area (Å²) >= 11 is 0. The average Bonchev–Trinajstić information content (AvgIpc) is 2.92. The minimum Gasteiger partial charge on any atom is -0.466 e.